The van der Waals surface area contributed by atoms with Gasteiger partial charge < -0.3 is 0 Å². The lowest BCUT2D eigenvalue weighted by molar-refractivity contribution is 0.0985. The number of aromatic nitrogens is 2. The average molecular weight is 539 g/mol. The van der Waals surface area contributed by atoms with Crippen molar-refractivity contribution in [2.45, 2.75) is 31.7 Å². The topological polar surface area (TPSA) is 83.5 Å². The summed E-state index contributed by atoms with van der Waals surface area (Å²) in [7, 11) is -3.67. The van der Waals surface area contributed by atoms with Crippen molar-refractivity contribution < 1.29 is 17.6 Å². The molecule has 3 heterocycles. The third-order valence-electron chi connectivity index (χ3n) is 6.47. The maximum Gasteiger partial charge on any atom is 0.260 e. The van der Waals surface area contributed by atoms with Crippen molar-refractivity contribution in [1.29, 1.82) is 0 Å². The van der Waals surface area contributed by atoms with Gasteiger partial charge in [-0.3, -0.25) is 14.7 Å². The predicted molar refractivity (Wildman–Crippen MR) is 142 cm³/mol. The molecule has 37 heavy (non-hydrogen) atoms. The Balaban J connectivity index is 1.46. The quantitative estimate of drug-likeness (QED) is 0.331. The van der Waals surface area contributed by atoms with Gasteiger partial charge in [0.1, 0.15) is 11.3 Å². The Morgan fingerprint density at radius 3 is 2.46 bits per heavy atom. The number of pyridine rings is 1. The number of carbonyl (C=O) groups excluding carboxylic acids is 1. The molecule has 1 saturated heterocycles. The van der Waals surface area contributed by atoms with Crippen molar-refractivity contribution in [2.24, 2.45) is 11.8 Å². The van der Waals surface area contributed by atoms with Crippen LogP contribution in [0.2, 0.25) is 0 Å². The van der Waals surface area contributed by atoms with Crippen LogP contribution in [-0.4, -0.2) is 41.7 Å². The lowest BCUT2D eigenvalue weighted by atomic mass is 9.94. The fourth-order valence-electron chi connectivity index (χ4n) is 4.80. The second kappa shape index (κ2) is 10.3. The molecule has 0 spiro atoms. The van der Waals surface area contributed by atoms with Crippen LogP contribution in [0.5, 0.6) is 0 Å². The first kappa shape index (κ1) is 25.4. The molecule has 2 aromatic carbocycles. The van der Waals surface area contributed by atoms with Gasteiger partial charge in [-0.2, -0.15) is 4.31 Å². The summed E-state index contributed by atoms with van der Waals surface area (Å²) >= 11 is 1.22. The number of fused-ring (bicyclic) bond motifs is 1. The molecule has 4 aromatic rings. The van der Waals surface area contributed by atoms with Crippen molar-refractivity contribution in [2.75, 3.05) is 18.0 Å². The lowest BCUT2D eigenvalue weighted by Crippen LogP contribution is -2.42. The number of hydrogen-bond donors (Lipinski definition) is 0. The van der Waals surface area contributed by atoms with E-state index in [1.165, 1.54) is 50.9 Å². The molecule has 0 radical (unpaired) electrons. The third kappa shape index (κ3) is 5.27. The number of piperidine rings is 1. The highest BCUT2D eigenvalue weighted by Gasteiger charge is 2.32. The average Bonchev–Trinajstić information content (AvgIpc) is 3.32. The molecule has 1 aliphatic rings. The van der Waals surface area contributed by atoms with E-state index in [1.54, 1.807) is 30.6 Å². The molecule has 0 N–H and O–H groups in total. The zero-order valence-corrected chi connectivity index (χ0v) is 22.2. The molecule has 2 aromatic heterocycles. The molecule has 0 aliphatic carbocycles. The summed E-state index contributed by atoms with van der Waals surface area (Å²) in [6.07, 6.45) is 4.30. The zero-order valence-electron chi connectivity index (χ0n) is 20.5. The smallest absolute Gasteiger partial charge is 0.260 e. The summed E-state index contributed by atoms with van der Waals surface area (Å²) in [5, 5.41) is 0.349. The number of amides is 1. The molecular weight excluding hydrogens is 511 g/mol. The molecule has 0 saturated carbocycles. The maximum absolute atomic E-state index is 14.3. The van der Waals surface area contributed by atoms with Crippen molar-refractivity contribution in [3.05, 3.63) is 83.9 Å². The van der Waals surface area contributed by atoms with Gasteiger partial charge in [0.2, 0.25) is 10.0 Å². The first-order valence-corrected chi connectivity index (χ1v) is 14.3. The maximum atomic E-state index is 14.3. The number of rotatable bonds is 6. The molecule has 1 aliphatic heterocycles. The van der Waals surface area contributed by atoms with Crippen LogP contribution in [0, 0.1) is 17.7 Å². The highest BCUT2D eigenvalue weighted by Crippen LogP contribution is 2.32. The van der Waals surface area contributed by atoms with Gasteiger partial charge in [-0.15, -0.1) is 0 Å². The molecule has 10 heteroatoms. The van der Waals surface area contributed by atoms with E-state index < -0.39 is 15.8 Å². The highest BCUT2D eigenvalue weighted by molar-refractivity contribution is 7.89. The minimum Gasteiger partial charge on any atom is -0.279 e. The fraction of sp³-hybridized carbons (Fsp3) is 0.296. The van der Waals surface area contributed by atoms with Gasteiger partial charge in [0.15, 0.2) is 5.13 Å². The van der Waals surface area contributed by atoms with Crippen molar-refractivity contribution in [3.8, 4) is 0 Å². The third-order valence-corrected chi connectivity index (χ3v) is 9.36. The minimum atomic E-state index is -3.67. The van der Waals surface area contributed by atoms with E-state index in [-0.39, 0.29) is 22.9 Å². The van der Waals surface area contributed by atoms with Crippen molar-refractivity contribution in [3.63, 3.8) is 0 Å². The summed E-state index contributed by atoms with van der Waals surface area (Å²) in [5.41, 5.74) is 1.30. The Hall–Kier alpha value is -3.21. The lowest BCUT2D eigenvalue weighted by Gasteiger charge is -2.34. The Morgan fingerprint density at radius 2 is 1.81 bits per heavy atom. The number of halogens is 1. The van der Waals surface area contributed by atoms with Crippen molar-refractivity contribution >= 4 is 42.6 Å². The summed E-state index contributed by atoms with van der Waals surface area (Å²) < 4.78 is 43.0. The standard InChI is InChI=1S/C27H27FN4O3S2/c1-18-13-19(2)16-31(15-18)37(34,35)22-10-8-21(9-11-22)26(33)32(17-20-5-4-12-29-14-20)27-30-25-23(28)6-3-7-24(25)36-27/h3-12,14,18-19H,13,15-17H2,1-2H3. The van der Waals surface area contributed by atoms with Gasteiger partial charge >= 0.3 is 0 Å². The molecule has 0 bridgehead atoms. The largest absolute Gasteiger partial charge is 0.279 e. The van der Waals surface area contributed by atoms with E-state index in [1.807, 2.05) is 6.07 Å². The number of carbonyl (C=O) groups is 1. The summed E-state index contributed by atoms with van der Waals surface area (Å²) in [6, 6.07) is 14.3. The molecule has 2 unspecified atom stereocenters. The van der Waals surface area contributed by atoms with E-state index in [4.69, 9.17) is 0 Å². The van der Waals surface area contributed by atoms with Gasteiger partial charge in [-0.05, 0) is 66.3 Å². The molecule has 5 rings (SSSR count). The van der Waals surface area contributed by atoms with Crippen LogP contribution in [0.25, 0.3) is 10.2 Å². The van der Waals surface area contributed by atoms with Gasteiger partial charge in [-0.1, -0.05) is 37.3 Å². The Bertz CT molecular complexity index is 1510. The highest BCUT2D eigenvalue weighted by atomic mass is 32.2. The molecule has 1 fully saturated rings. The van der Waals surface area contributed by atoms with E-state index in [2.05, 4.69) is 23.8 Å². The van der Waals surface area contributed by atoms with Gasteiger partial charge in [0.05, 0.1) is 16.1 Å². The van der Waals surface area contributed by atoms with Crippen LogP contribution < -0.4 is 4.90 Å². The van der Waals surface area contributed by atoms with E-state index in [9.17, 15) is 17.6 Å². The predicted octanol–water partition coefficient (Wildman–Crippen LogP) is 5.34. The molecular formula is C27H27FN4O3S2. The number of hydrogen-bond acceptors (Lipinski definition) is 6. The fourth-order valence-corrected chi connectivity index (χ4v) is 7.45. The second-order valence-corrected chi connectivity index (χ2v) is 12.6. The molecule has 7 nitrogen and oxygen atoms in total. The van der Waals surface area contributed by atoms with Crippen LogP contribution in [-0.2, 0) is 16.6 Å². The Kier molecular flexibility index (Phi) is 7.06. The van der Waals surface area contributed by atoms with E-state index in [0.29, 0.717) is 40.3 Å². The Morgan fingerprint density at radius 1 is 1.08 bits per heavy atom. The summed E-state index contributed by atoms with van der Waals surface area (Å²) in [5.74, 6) is -0.240. The number of para-hydroxylation sites is 1. The SMILES string of the molecule is CC1CC(C)CN(S(=O)(=O)c2ccc(C(=O)N(Cc3cccnc3)c3nc4c(F)cccc4s3)cc2)C1. The number of nitrogens with zero attached hydrogens (tertiary/aromatic N) is 4. The van der Waals surface area contributed by atoms with E-state index in [0.717, 1.165) is 12.0 Å². The van der Waals surface area contributed by atoms with E-state index >= 15 is 0 Å². The molecule has 192 valence electrons. The first-order valence-electron chi connectivity index (χ1n) is 12.1. The zero-order chi connectivity index (χ0) is 26.2. The van der Waals surface area contributed by atoms with Crippen LogP contribution in [0.1, 0.15) is 36.2 Å². The number of anilines is 1. The number of sulfonamides is 1. The van der Waals surface area contributed by atoms with Gasteiger partial charge in [0, 0.05) is 31.0 Å². The monoisotopic (exact) mass is 538 g/mol. The summed E-state index contributed by atoms with van der Waals surface area (Å²) in [4.78, 5) is 23.8. The summed E-state index contributed by atoms with van der Waals surface area (Å²) in [6.45, 7) is 5.27. The second-order valence-electron chi connectivity index (χ2n) is 9.63. The van der Waals surface area contributed by atoms with Gasteiger partial charge in [0.25, 0.3) is 5.91 Å². The van der Waals surface area contributed by atoms with Crippen LogP contribution in [0.4, 0.5) is 9.52 Å². The van der Waals surface area contributed by atoms with Crippen LogP contribution >= 0.6 is 11.3 Å². The van der Waals surface area contributed by atoms with Crippen LogP contribution in [0.15, 0.2) is 71.9 Å². The van der Waals surface area contributed by atoms with Crippen LogP contribution in [0.3, 0.4) is 0 Å². The minimum absolute atomic E-state index is 0.159. The van der Waals surface area contributed by atoms with Gasteiger partial charge in [-0.25, -0.2) is 17.8 Å². The van der Waals surface area contributed by atoms with Crippen molar-refractivity contribution in [1.82, 2.24) is 14.3 Å². The first-order chi connectivity index (χ1) is 17.7. The number of thiazole rings is 1. The number of benzene rings is 2. The Labute approximate surface area is 219 Å². The molecule has 1 amide bonds. The normalized spacial score (nSPS) is 18.7. The molecule has 2 atom stereocenters.